The Balaban J connectivity index is 4.39. The summed E-state index contributed by atoms with van der Waals surface area (Å²) in [6.07, 6.45) is 61.3. The van der Waals surface area contributed by atoms with E-state index in [2.05, 4.69) is 123 Å². The molecule has 63 heavy (non-hydrogen) atoms. The number of carboxylic acids is 1. The van der Waals surface area contributed by atoms with Gasteiger partial charge in [0.2, 0.25) is 0 Å². The minimum atomic E-state index is -0.886. The van der Waals surface area contributed by atoms with Crippen molar-refractivity contribution in [3.63, 3.8) is 0 Å². The molecule has 0 amide bonds. The molecule has 0 fully saturated rings. The van der Waals surface area contributed by atoms with Gasteiger partial charge < -0.3 is 23.8 Å². The largest absolute Gasteiger partial charge is 0.477 e. The molecule has 2 unspecified atom stereocenters. The van der Waals surface area contributed by atoms with E-state index in [1.54, 1.807) is 0 Å². The maximum atomic E-state index is 12.8. The second-order valence-corrected chi connectivity index (χ2v) is 17.0. The number of unbranched alkanes of at least 4 members (excludes halogenated alkanes) is 10. The normalized spacial score (nSPS) is 13.9. The highest BCUT2D eigenvalue weighted by molar-refractivity contribution is 5.72. The minimum absolute atomic E-state index is 0.0384. The molecule has 2 atom stereocenters. The molecule has 0 radical (unpaired) electrons. The number of rotatable bonds is 42. The number of carbonyl (C=O) groups is 3. The highest BCUT2D eigenvalue weighted by Crippen LogP contribution is 2.13. The Morgan fingerprint density at radius 3 is 1.25 bits per heavy atom. The molecule has 0 aliphatic rings. The molecule has 0 aliphatic heterocycles. The first-order valence-corrected chi connectivity index (χ1v) is 24.4. The van der Waals surface area contributed by atoms with Gasteiger partial charge in [0.1, 0.15) is 6.61 Å². The quantitative estimate of drug-likeness (QED) is 0.0282. The summed E-state index contributed by atoms with van der Waals surface area (Å²) in [5.74, 6) is -1.54. The summed E-state index contributed by atoms with van der Waals surface area (Å²) in [5.41, 5.74) is 0. The number of hydrogen-bond acceptors (Lipinski definition) is 6. The predicted octanol–water partition coefficient (Wildman–Crippen LogP) is 14.0. The van der Waals surface area contributed by atoms with Crippen LogP contribution in [0.15, 0.2) is 109 Å². The van der Waals surface area contributed by atoms with Gasteiger partial charge in [0.05, 0.1) is 34.4 Å². The number of allylic oxidation sites excluding steroid dienone is 18. The molecule has 0 saturated heterocycles. The second-order valence-electron chi connectivity index (χ2n) is 17.0. The lowest BCUT2D eigenvalue weighted by atomic mass is 10.1. The lowest BCUT2D eigenvalue weighted by Gasteiger charge is -2.31. The third-order valence-electron chi connectivity index (χ3n) is 10.2. The van der Waals surface area contributed by atoms with Crippen LogP contribution in [0.4, 0.5) is 0 Å². The van der Waals surface area contributed by atoms with Crippen molar-refractivity contribution >= 4 is 17.9 Å². The molecule has 356 valence electrons. The van der Waals surface area contributed by atoms with Crippen molar-refractivity contribution in [3.8, 4) is 0 Å². The minimum Gasteiger partial charge on any atom is -0.477 e. The first-order valence-electron chi connectivity index (χ1n) is 24.4. The number of nitrogens with zero attached hydrogens (tertiary/aromatic N) is 1. The summed E-state index contributed by atoms with van der Waals surface area (Å²) in [6, 6.07) is -0.629. The van der Waals surface area contributed by atoms with Crippen LogP contribution in [0.3, 0.4) is 0 Å². The Morgan fingerprint density at radius 2 is 0.841 bits per heavy atom. The molecule has 0 spiro atoms. The van der Waals surface area contributed by atoms with Crippen LogP contribution < -0.4 is 0 Å². The number of esters is 2. The van der Waals surface area contributed by atoms with E-state index in [1.807, 2.05) is 21.1 Å². The van der Waals surface area contributed by atoms with Gasteiger partial charge in [-0.05, 0) is 96.3 Å². The highest BCUT2D eigenvalue weighted by Gasteiger charge is 2.31. The van der Waals surface area contributed by atoms with Crippen molar-refractivity contribution < 1.29 is 38.2 Å². The van der Waals surface area contributed by atoms with Crippen LogP contribution in [0.2, 0.25) is 0 Å². The first-order chi connectivity index (χ1) is 30.6. The molecule has 8 nitrogen and oxygen atoms in total. The fraction of sp³-hybridized carbons (Fsp3) is 0.618. The Labute approximate surface area is 385 Å². The molecular weight excluding hydrogens is 787 g/mol. The molecular formula is C55H90NO7+. The Morgan fingerprint density at radius 1 is 0.476 bits per heavy atom. The molecule has 0 rings (SSSR count). The fourth-order valence-corrected chi connectivity index (χ4v) is 6.46. The van der Waals surface area contributed by atoms with E-state index in [-0.39, 0.29) is 36.2 Å². The van der Waals surface area contributed by atoms with Gasteiger partial charge in [-0.25, -0.2) is 4.79 Å². The number of likely N-dealkylation sites (N-methyl/N-ethyl adjacent to an activating group) is 1. The van der Waals surface area contributed by atoms with Gasteiger partial charge in [-0.15, -0.1) is 0 Å². The zero-order valence-corrected chi connectivity index (χ0v) is 40.5. The fourth-order valence-electron chi connectivity index (χ4n) is 6.46. The second kappa shape index (κ2) is 44.6. The van der Waals surface area contributed by atoms with E-state index in [4.69, 9.17) is 14.2 Å². The van der Waals surface area contributed by atoms with Crippen LogP contribution >= 0.6 is 0 Å². The molecule has 1 N–H and O–H groups in total. The molecule has 8 heteroatoms. The average molecular weight is 877 g/mol. The summed E-state index contributed by atoms with van der Waals surface area (Å²) < 4.78 is 17.3. The van der Waals surface area contributed by atoms with E-state index >= 15 is 0 Å². The van der Waals surface area contributed by atoms with Crippen molar-refractivity contribution in [3.05, 3.63) is 109 Å². The van der Waals surface area contributed by atoms with Crippen molar-refractivity contribution in [2.24, 2.45) is 0 Å². The number of carbonyl (C=O) groups excluding carboxylic acids is 2. The van der Waals surface area contributed by atoms with Crippen LogP contribution in [0.5, 0.6) is 0 Å². The summed E-state index contributed by atoms with van der Waals surface area (Å²) in [6.45, 7) is 4.45. The maximum Gasteiger partial charge on any atom is 0.362 e. The Hall–Kier alpha value is -4.01. The van der Waals surface area contributed by atoms with Gasteiger partial charge in [-0.1, -0.05) is 162 Å². The predicted molar refractivity (Wildman–Crippen MR) is 266 cm³/mol. The molecule has 0 aromatic carbocycles. The van der Waals surface area contributed by atoms with Gasteiger partial charge in [-0.3, -0.25) is 9.59 Å². The van der Waals surface area contributed by atoms with Crippen LogP contribution in [-0.2, 0) is 28.6 Å². The number of quaternary nitrogens is 1. The summed E-state index contributed by atoms with van der Waals surface area (Å²) >= 11 is 0. The maximum absolute atomic E-state index is 12.8. The Bertz CT molecular complexity index is 1390. The number of hydrogen-bond donors (Lipinski definition) is 1. The SMILES string of the molecule is CC/C=C/C/C=C/C/C=C/C/C=C/C/C=C/CCCCCC(=O)OCC(COCCC(C(=O)O)[N+](C)(C)C)OC(=O)CCCCCCCCC/C=C/C/C=C/C/C=C/C/C=C/CC. The first kappa shape index (κ1) is 59.0. The monoisotopic (exact) mass is 877 g/mol. The van der Waals surface area contributed by atoms with Gasteiger partial charge in [-0.2, -0.15) is 0 Å². The van der Waals surface area contributed by atoms with Crippen LogP contribution in [0.25, 0.3) is 0 Å². The van der Waals surface area contributed by atoms with Gasteiger partial charge >= 0.3 is 17.9 Å². The molecule has 0 aliphatic carbocycles. The highest BCUT2D eigenvalue weighted by atomic mass is 16.6. The van der Waals surface area contributed by atoms with Crippen molar-refractivity contribution in [1.29, 1.82) is 0 Å². The number of ether oxygens (including phenoxy) is 3. The van der Waals surface area contributed by atoms with E-state index in [9.17, 15) is 19.5 Å². The lowest BCUT2D eigenvalue weighted by Crippen LogP contribution is -2.50. The van der Waals surface area contributed by atoms with E-state index in [0.29, 0.717) is 19.3 Å². The Kier molecular flexibility index (Phi) is 41.8. The van der Waals surface area contributed by atoms with Crippen LogP contribution in [0, 0.1) is 0 Å². The molecule has 0 bridgehead atoms. The van der Waals surface area contributed by atoms with E-state index in [0.717, 1.165) is 116 Å². The molecule has 0 aromatic heterocycles. The van der Waals surface area contributed by atoms with Crippen molar-refractivity contribution in [2.45, 2.75) is 180 Å². The lowest BCUT2D eigenvalue weighted by molar-refractivity contribution is -0.887. The van der Waals surface area contributed by atoms with Gasteiger partial charge in [0.25, 0.3) is 0 Å². The molecule has 0 aromatic rings. The molecule has 0 heterocycles. The standard InChI is InChI=1S/C55H89NO7/c1-6-8-10-12-14-16-18-20-22-24-26-28-30-32-34-36-38-40-42-44-46-54(58)63-51(49-61-48-47-52(55(59)60)56(3,4)5)50-62-53(57)45-43-41-39-37-35-33-31-29-27-25-23-21-19-17-15-13-11-9-7-2/h8-11,14-17,20-23,26-29,33,35,51-52H,6-7,12-13,18-19,24-25,30-32,34,36-50H2,1-5H3/p+1/b10-8+,11-9+,16-14+,17-15+,22-20+,23-21+,28-26+,29-27+,35-33+. The van der Waals surface area contributed by atoms with Gasteiger partial charge in [0.15, 0.2) is 12.1 Å². The summed E-state index contributed by atoms with van der Waals surface area (Å²) in [4.78, 5) is 37.1. The van der Waals surface area contributed by atoms with Gasteiger partial charge in [0, 0.05) is 19.3 Å². The van der Waals surface area contributed by atoms with Crippen molar-refractivity contribution in [2.75, 3.05) is 41.0 Å². The van der Waals surface area contributed by atoms with E-state index in [1.165, 1.54) is 19.3 Å². The average Bonchev–Trinajstić information content (AvgIpc) is 3.24. The topological polar surface area (TPSA) is 99.1 Å². The smallest absolute Gasteiger partial charge is 0.362 e. The van der Waals surface area contributed by atoms with Crippen LogP contribution in [0.1, 0.15) is 168 Å². The number of carboxylic acid groups (broad SMARTS) is 1. The zero-order valence-electron chi connectivity index (χ0n) is 40.5. The zero-order chi connectivity index (χ0) is 46.3. The third-order valence-corrected chi connectivity index (χ3v) is 10.2. The van der Waals surface area contributed by atoms with Crippen LogP contribution in [-0.4, -0.2) is 80.6 Å². The number of aliphatic carboxylic acids is 1. The summed E-state index contributed by atoms with van der Waals surface area (Å²) in [5, 5.41) is 9.65. The van der Waals surface area contributed by atoms with E-state index < -0.39 is 18.1 Å². The van der Waals surface area contributed by atoms with Crippen molar-refractivity contribution in [1.82, 2.24) is 0 Å². The third kappa shape index (κ3) is 43.0. The molecule has 0 saturated carbocycles. The summed E-state index contributed by atoms with van der Waals surface area (Å²) in [7, 11) is 5.51.